The number of hydrogen-bond acceptors (Lipinski definition) is 3. The molecule has 0 radical (unpaired) electrons. The van der Waals surface area contributed by atoms with Gasteiger partial charge in [-0.05, 0) is 58.1 Å². The number of thiol groups is 1. The van der Waals surface area contributed by atoms with Crippen molar-refractivity contribution < 1.29 is 13.2 Å². The second kappa shape index (κ2) is 6.26. The van der Waals surface area contributed by atoms with Gasteiger partial charge in [0.15, 0.2) is 5.78 Å². The molecule has 1 unspecified atom stereocenters. The fraction of sp³-hybridized carbons (Fsp3) is 0.286. The molecule has 3 aliphatic carbocycles. The molecule has 3 aliphatic rings. The summed E-state index contributed by atoms with van der Waals surface area (Å²) < 4.78 is 22.0. The summed E-state index contributed by atoms with van der Waals surface area (Å²) in [6.45, 7) is 2.10. The Bertz CT molecular complexity index is 1060. The Morgan fingerprint density at radius 2 is 1.96 bits per heavy atom. The molecular weight excluding hydrogens is 332 g/mol. The summed E-state index contributed by atoms with van der Waals surface area (Å²) in [4.78, 5) is 12.9. The summed E-state index contributed by atoms with van der Waals surface area (Å²) in [5.74, 6) is 0.349. The molecule has 0 saturated heterocycles. The highest BCUT2D eigenvalue weighted by Gasteiger charge is 2.25. The minimum absolute atomic E-state index is 0.0635. The van der Waals surface area contributed by atoms with Crippen molar-refractivity contribution in [2.45, 2.75) is 32.1 Å². The monoisotopic (exact) mass is 352 g/mol. The lowest BCUT2D eigenvalue weighted by Gasteiger charge is -2.24. The van der Waals surface area contributed by atoms with Crippen LogP contribution in [0, 0.1) is 0 Å². The zero-order valence-corrected chi connectivity index (χ0v) is 15.0. The first-order valence-electron chi connectivity index (χ1n) is 8.68. The van der Waals surface area contributed by atoms with Crippen LogP contribution in [0.4, 0.5) is 0 Å². The number of rotatable bonds is 3. The Morgan fingerprint density at radius 1 is 1.16 bits per heavy atom. The van der Waals surface area contributed by atoms with Crippen molar-refractivity contribution in [2.75, 3.05) is 5.75 Å². The van der Waals surface area contributed by atoms with Gasteiger partial charge in [0.05, 0.1) is 5.75 Å². The molecule has 0 bridgehead atoms. The lowest BCUT2D eigenvalue weighted by molar-refractivity contribution is 0.104. The highest BCUT2D eigenvalue weighted by Crippen LogP contribution is 2.30. The molecule has 3 nitrogen and oxygen atoms in total. The van der Waals surface area contributed by atoms with Crippen LogP contribution in [-0.4, -0.2) is 20.0 Å². The molecule has 128 valence electrons. The number of carbonyl (C=O) groups excluding carboxylic acids is 1. The van der Waals surface area contributed by atoms with Crippen LogP contribution < -0.4 is 10.4 Å². The van der Waals surface area contributed by atoms with E-state index >= 15 is 0 Å². The van der Waals surface area contributed by atoms with Gasteiger partial charge in [-0.25, -0.2) is 8.42 Å². The Balaban J connectivity index is 2.01. The maximum absolute atomic E-state index is 12.9. The van der Waals surface area contributed by atoms with E-state index in [1.54, 1.807) is 6.08 Å². The average Bonchev–Trinajstić information content (AvgIpc) is 2.60. The van der Waals surface area contributed by atoms with Crippen LogP contribution in [-0.2, 0) is 10.7 Å². The Labute approximate surface area is 148 Å². The van der Waals surface area contributed by atoms with Crippen LogP contribution in [0.3, 0.4) is 0 Å². The summed E-state index contributed by atoms with van der Waals surface area (Å²) in [6.07, 6.45) is 12.5. The van der Waals surface area contributed by atoms with Gasteiger partial charge < -0.3 is 0 Å². The van der Waals surface area contributed by atoms with E-state index in [1.165, 1.54) is 5.57 Å². The van der Waals surface area contributed by atoms with Crippen molar-refractivity contribution >= 4 is 27.6 Å². The molecule has 25 heavy (non-hydrogen) atoms. The number of ketones is 1. The van der Waals surface area contributed by atoms with Gasteiger partial charge in [0.2, 0.25) is 0 Å². The predicted octanol–water partition coefficient (Wildman–Crippen LogP) is 2.14. The molecule has 0 aliphatic heterocycles. The van der Waals surface area contributed by atoms with E-state index in [0.717, 1.165) is 45.6 Å². The SMILES string of the molecule is CC1C=CC(CC[SH](=O)=O)=c2ccc3c(c21)C(=O)C=C1C=CCCC=31. The second-order valence-corrected chi connectivity index (χ2v) is 7.92. The molecular formula is C21H20O3S. The molecule has 0 heterocycles. The first-order valence-corrected chi connectivity index (χ1v) is 10.0. The maximum atomic E-state index is 12.9. The highest BCUT2D eigenvalue weighted by atomic mass is 32.2. The van der Waals surface area contributed by atoms with Gasteiger partial charge in [-0.2, -0.15) is 0 Å². The van der Waals surface area contributed by atoms with E-state index in [0.29, 0.717) is 6.42 Å². The van der Waals surface area contributed by atoms with Crippen molar-refractivity contribution in [1.29, 1.82) is 0 Å². The molecule has 0 N–H and O–H groups in total. The number of hydrogen-bond donors (Lipinski definition) is 1. The first kappa shape index (κ1) is 16.3. The minimum atomic E-state index is -2.40. The summed E-state index contributed by atoms with van der Waals surface area (Å²) in [5, 5.41) is 2.09. The van der Waals surface area contributed by atoms with Gasteiger partial charge in [-0.1, -0.05) is 43.4 Å². The molecule has 0 fully saturated rings. The molecule has 4 rings (SSSR count). The zero-order valence-electron chi connectivity index (χ0n) is 14.1. The fourth-order valence-corrected chi connectivity index (χ4v) is 4.51. The maximum Gasteiger partial charge on any atom is 0.187 e. The quantitative estimate of drug-likeness (QED) is 0.848. The smallest absolute Gasteiger partial charge is 0.187 e. The average molecular weight is 352 g/mol. The number of carbonyl (C=O) groups is 1. The normalized spacial score (nSPS) is 21.1. The van der Waals surface area contributed by atoms with Crippen molar-refractivity contribution in [2.24, 2.45) is 0 Å². The third-order valence-corrected chi connectivity index (χ3v) is 5.85. The molecule has 0 amide bonds. The van der Waals surface area contributed by atoms with Gasteiger partial charge in [0, 0.05) is 11.5 Å². The zero-order chi connectivity index (χ0) is 17.6. The van der Waals surface area contributed by atoms with Crippen LogP contribution in [0.5, 0.6) is 0 Å². The van der Waals surface area contributed by atoms with E-state index in [9.17, 15) is 13.2 Å². The largest absolute Gasteiger partial charge is 0.289 e. The summed E-state index contributed by atoms with van der Waals surface area (Å²) in [6, 6.07) is 4.12. The van der Waals surface area contributed by atoms with Crippen molar-refractivity contribution in [1.82, 2.24) is 0 Å². The van der Waals surface area contributed by atoms with Crippen molar-refractivity contribution in [3.05, 3.63) is 69.7 Å². The molecule has 4 heteroatoms. The minimum Gasteiger partial charge on any atom is -0.289 e. The summed E-state index contributed by atoms with van der Waals surface area (Å²) in [7, 11) is -2.40. The van der Waals surface area contributed by atoms with Gasteiger partial charge in [0.1, 0.15) is 10.7 Å². The highest BCUT2D eigenvalue weighted by molar-refractivity contribution is 7.72. The van der Waals surface area contributed by atoms with Crippen LogP contribution in [0.15, 0.2) is 48.1 Å². The van der Waals surface area contributed by atoms with E-state index in [4.69, 9.17) is 0 Å². The van der Waals surface area contributed by atoms with Crippen LogP contribution in [0.2, 0.25) is 0 Å². The van der Waals surface area contributed by atoms with Gasteiger partial charge in [-0.3, -0.25) is 4.79 Å². The molecule has 0 aromatic heterocycles. The molecule has 0 saturated carbocycles. The Kier molecular flexibility index (Phi) is 4.08. The summed E-state index contributed by atoms with van der Waals surface area (Å²) in [5.41, 5.74) is 5.17. The molecule has 1 atom stereocenters. The number of fused-ring (bicyclic) bond motifs is 4. The van der Waals surface area contributed by atoms with E-state index in [2.05, 4.69) is 31.2 Å². The number of benzene rings is 1. The lowest BCUT2D eigenvalue weighted by atomic mass is 9.79. The van der Waals surface area contributed by atoms with Crippen LogP contribution >= 0.6 is 0 Å². The van der Waals surface area contributed by atoms with E-state index in [-0.39, 0.29) is 17.5 Å². The number of allylic oxidation sites excluding steroid dienone is 6. The molecule has 1 aromatic carbocycles. The first-order chi connectivity index (χ1) is 12.1. The van der Waals surface area contributed by atoms with E-state index < -0.39 is 10.7 Å². The third-order valence-electron chi connectivity index (χ3n) is 5.26. The Morgan fingerprint density at radius 3 is 2.76 bits per heavy atom. The standard InChI is InChI=1S/C21H20O3S/c1-13-6-7-14(10-11-25(23)24)17-8-9-18-16-5-3-2-4-15(16)12-19(22)21(18)20(13)17/h2,4,6-9,12-13,25H,3,5,10-11H2,1H3. The molecule has 1 aromatic rings. The van der Waals surface area contributed by atoms with Crippen LogP contribution in [0.25, 0.3) is 11.1 Å². The Hall–Kier alpha value is -2.20. The van der Waals surface area contributed by atoms with E-state index in [1.807, 2.05) is 12.2 Å². The van der Waals surface area contributed by atoms with Gasteiger partial charge in [-0.15, -0.1) is 0 Å². The van der Waals surface area contributed by atoms with Crippen molar-refractivity contribution in [3.8, 4) is 0 Å². The predicted molar refractivity (Wildman–Crippen MR) is 101 cm³/mol. The van der Waals surface area contributed by atoms with Crippen LogP contribution in [0.1, 0.15) is 48.0 Å². The topological polar surface area (TPSA) is 51.2 Å². The fourth-order valence-electron chi connectivity index (χ4n) is 4.09. The van der Waals surface area contributed by atoms with Gasteiger partial charge in [0.25, 0.3) is 0 Å². The third kappa shape index (κ3) is 2.74. The lowest BCUT2D eigenvalue weighted by Crippen LogP contribution is -2.32. The summed E-state index contributed by atoms with van der Waals surface area (Å²) >= 11 is 0. The molecule has 0 spiro atoms. The second-order valence-electron chi connectivity index (χ2n) is 6.81. The van der Waals surface area contributed by atoms with Crippen molar-refractivity contribution in [3.63, 3.8) is 0 Å². The van der Waals surface area contributed by atoms with Gasteiger partial charge >= 0.3 is 0 Å².